The Balaban J connectivity index is 0.000000921. The topological polar surface area (TPSA) is 29.5 Å². The Bertz CT molecular complexity index is 190. The molecule has 3 nitrogen and oxygen atoms in total. The van der Waals surface area contributed by atoms with Crippen molar-refractivity contribution in [3.63, 3.8) is 0 Å². The van der Waals surface area contributed by atoms with Crippen LogP contribution in [0.3, 0.4) is 0 Å². The van der Waals surface area contributed by atoms with Gasteiger partial charge in [0.2, 0.25) is 0 Å². The van der Waals surface area contributed by atoms with E-state index >= 15 is 0 Å². The molecule has 0 radical (unpaired) electrons. The zero-order chi connectivity index (χ0) is 11.9. The summed E-state index contributed by atoms with van der Waals surface area (Å²) in [6, 6.07) is 0. The van der Waals surface area contributed by atoms with Crippen molar-refractivity contribution in [1.82, 2.24) is 4.90 Å². The maximum absolute atomic E-state index is 11.5. The summed E-state index contributed by atoms with van der Waals surface area (Å²) in [6.07, 6.45) is 3.30. The van der Waals surface area contributed by atoms with Crippen molar-refractivity contribution in [2.24, 2.45) is 0 Å². The van der Waals surface area contributed by atoms with Gasteiger partial charge in [-0.2, -0.15) is 0 Å². The number of amides is 1. The summed E-state index contributed by atoms with van der Waals surface area (Å²) < 4.78 is 5.26. The monoisotopic (exact) mass is 213 g/mol. The Morgan fingerprint density at radius 2 is 1.60 bits per heavy atom. The third-order valence-corrected chi connectivity index (χ3v) is 2.01. The predicted octanol–water partition coefficient (Wildman–Crippen LogP) is 3.21. The first-order valence-corrected chi connectivity index (χ1v) is 5.47. The molecule has 1 heterocycles. The summed E-state index contributed by atoms with van der Waals surface area (Å²) in [5, 5.41) is 0. The summed E-state index contributed by atoms with van der Waals surface area (Å²) in [5.41, 5.74) is -0.367. The van der Waals surface area contributed by atoms with Crippen LogP contribution in [0.4, 0.5) is 4.79 Å². The van der Waals surface area contributed by atoms with E-state index in [0.717, 1.165) is 25.9 Å². The van der Waals surface area contributed by atoms with Gasteiger partial charge in [-0.25, -0.2) is 4.79 Å². The molecule has 0 aliphatic carbocycles. The molecule has 0 aromatic heterocycles. The maximum atomic E-state index is 11.5. The second kappa shape index (κ2) is 6.49. The smallest absolute Gasteiger partial charge is 0.410 e. The van der Waals surface area contributed by atoms with Gasteiger partial charge in [-0.3, -0.25) is 0 Å². The third-order valence-electron chi connectivity index (χ3n) is 2.01. The molecule has 1 saturated heterocycles. The number of likely N-dealkylation sites (tertiary alicyclic amines) is 1. The molecule has 1 aliphatic rings. The van der Waals surface area contributed by atoms with Gasteiger partial charge in [0.15, 0.2) is 0 Å². The van der Waals surface area contributed by atoms with Crippen LogP contribution in [0.25, 0.3) is 0 Å². The number of carbonyl (C=O) groups excluding carboxylic acids is 1. The average Bonchev–Trinajstić information content (AvgIpc) is 2.20. The Labute approximate surface area is 93.1 Å². The SMILES string of the molecule is C=C.CC(C)(C)OC(=O)N1CCCCC1. The van der Waals surface area contributed by atoms with Crippen LogP contribution in [0.15, 0.2) is 13.2 Å². The molecule has 1 rings (SSSR count). The number of rotatable bonds is 0. The van der Waals surface area contributed by atoms with Gasteiger partial charge in [0, 0.05) is 13.1 Å². The van der Waals surface area contributed by atoms with Gasteiger partial charge in [0.25, 0.3) is 0 Å². The first-order valence-electron chi connectivity index (χ1n) is 5.47. The van der Waals surface area contributed by atoms with Gasteiger partial charge in [-0.1, -0.05) is 0 Å². The third kappa shape index (κ3) is 6.15. The van der Waals surface area contributed by atoms with Crippen molar-refractivity contribution in [2.75, 3.05) is 13.1 Å². The maximum Gasteiger partial charge on any atom is 0.410 e. The number of ether oxygens (including phenoxy) is 1. The van der Waals surface area contributed by atoms with Crippen molar-refractivity contribution in [2.45, 2.75) is 45.6 Å². The number of hydrogen-bond acceptors (Lipinski definition) is 2. The van der Waals surface area contributed by atoms with Gasteiger partial charge in [-0.15, -0.1) is 13.2 Å². The highest BCUT2D eigenvalue weighted by Gasteiger charge is 2.22. The Morgan fingerprint density at radius 1 is 1.13 bits per heavy atom. The largest absolute Gasteiger partial charge is 0.444 e. The number of nitrogens with zero attached hydrogens (tertiary/aromatic N) is 1. The van der Waals surface area contributed by atoms with Crippen molar-refractivity contribution in [3.05, 3.63) is 13.2 Å². The zero-order valence-electron chi connectivity index (χ0n) is 10.2. The fourth-order valence-corrected chi connectivity index (χ4v) is 1.40. The Morgan fingerprint density at radius 3 is 2.00 bits per heavy atom. The summed E-state index contributed by atoms with van der Waals surface area (Å²) in [5.74, 6) is 0. The molecule has 15 heavy (non-hydrogen) atoms. The molecule has 0 bridgehead atoms. The van der Waals surface area contributed by atoms with Crippen LogP contribution in [0.2, 0.25) is 0 Å². The normalized spacial score (nSPS) is 16.3. The molecule has 3 heteroatoms. The average molecular weight is 213 g/mol. The lowest BCUT2D eigenvalue weighted by atomic mass is 10.1. The summed E-state index contributed by atoms with van der Waals surface area (Å²) >= 11 is 0. The summed E-state index contributed by atoms with van der Waals surface area (Å²) in [7, 11) is 0. The molecule has 0 unspecified atom stereocenters. The molecule has 0 aromatic carbocycles. The van der Waals surface area contributed by atoms with E-state index in [2.05, 4.69) is 13.2 Å². The molecule has 0 atom stereocenters. The molecule has 1 fully saturated rings. The van der Waals surface area contributed by atoms with Crippen LogP contribution < -0.4 is 0 Å². The van der Waals surface area contributed by atoms with Crippen molar-refractivity contribution in [3.8, 4) is 0 Å². The molecule has 0 spiro atoms. The van der Waals surface area contributed by atoms with E-state index in [1.165, 1.54) is 6.42 Å². The minimum Gasteiger partial charge on any atom is -0.444 e. The molecule has 0 saturated carbocycles. The molecular weight excluding hydrogens is 190 g/mol. The lowest BCUT2D eigenvalue weighted by Gasteiger charge is -2.29. The van der Waals surface area contributed by atoms with Crippen LogP contribution in [0.1, 0.15) is 40.0 Å². The van der Waals surface area contributed by atoms with Crippen LogP contribution in [0, 0.1) is 0 Å². The molecule has 1 amide bonds. The second-order valence-electron chi connectivity index (χ2n) is 4.53. The summed E-state index contributed by atoms with van der Waals surface area (Å²) in [4.78, 5) is 13.3. The molecular formula is C12H23NO2. The molecule has 0 aromatic rings. The minimum atomic E-state index is -0.367. The van der Waals surface area contributed by atoms with E-state index in [0.29, 0.717) is 0 Å². The van der Waals surface area contributed by atoms with E-state index in [9.17, 15) is 4.79 Å². The lowest BCUT2D eigenvalue weighted by Crippen LogP contribution is -2.39. The second-order valence-corrected chi connectivity index (χ2v) is 4.53. The highest BCUT2D eigenvalue weighted by molar-refractivity contribution is 5.68. The van der Waals surface area contributed by atoms with Gasteiger partial charge in [-0.05, 0) is 40.0 Å². The predicted molar refractivity (Wildman–Crippen MR) is 62.9 cm³/mol. The van der Waals surface area contributed by atoms with E-state index < -0.39 is 0 Å². The molecule has 0 N–H and O–H groups in total. The van der Waals surface area contributed by atoms with Crippen LogP contribution in [0.5, 0.6) is 0 Å². The van der Waals surface area contributed by atoms with E-state index in [1.807, 2.05) is 20.8 Å². The van der Waals surface area contributed by atoms with Gasteiger partial charge in [0.1, 0.15) is 5.60 Å². The van der Waals surface area contributed by atoms with E-state index in [-0.39, 0.29) is 11.7 Å². The van der Waals surface area contributed by atoms with Crippen LogP contribution in [-0.2, 0) is 4.74 Å². The fraction of sp³-hybridized carbons (Fsp3) is 0.750. The minimum absolute atomic E-state index is 0.160. The standard InChI is InChI=1S/C10H19NO2.C2H4/c1-10(2,3)13-9(12)11-7-5-4-6-8-11;1-2/h4-8H2,1-3H3;1-2H2. The number of carbonyl (C=O) groups is 1. The van der Waals surface area contributed by atoms with Crippen LogP contribution >= 0.6 is 0 Å². The number of hydrogen-bond donors (Lipinski definition) is 0. The van der Waals surface area contributed by atoms with Gasteiger partial charge >= 0.3 is 6.09 Å². The van der Waals surface area contributed by atoms with Gasteiger partial charge in [0.05, 0.1) is 0 Å². The van der Waals surface area contributed by atoms with Crippen molar-refractivity contribution in [1.29, 1.82) is 0 Å². The van der Waals surface area contributed by atoms with Gasteiger partial charge < -0.3 is 9.64 Å². The lowest BCUT2D eigenvalue weighted by molar-refractivity contribution is 0.0216. The van der Waals surface area contributed by atoms with E-state index in [1.54, 1.807) is 4.90 Å². The highest BCUT2D eigenvalue weighted by Crippen LogP contribution is 2.14. The zero-order valence-corrected chi connectivity index (χ0v) is 10.2. The quantitative estimate of drug-likeness (QED) is 0.578. The Hall–Kier alpha value is -0.990. The van der Waals surface area contributed by atoms with E-state index in [4.69, 9.17) is 4.74 Å². The fourth-order valence-electron chi connectivity index (χ4n) is 1.40. The first-order chi connectivity index (χ1) is 6.99. The number of piperidine rings is 1. The highest BCUT2D eigenvalue weighted by atomic mass is 16.6. The van der Waals surface area contributed by atoms with Crippen LogP contribution in [-0.4, -0.2) is 29.7 Å². The molecule has 88 valence electrons. The van der Waals surface area contributed by atoms with Crippen molar-refractivity contribution >= 4 is 6.09 Å². The molecule has 1 aliphatic heterocycles. The first kappa shape index (κ1) is 14.0. The Kier molecular flexibility index (Phi) is 6.06. The summed E-state index contributed by atoms with van der Waals surface area (Å²) in [6.45, 7) is 13.4. The van der Waals surface area contributed by atoms with Crippen molar-refractivity contribution < 1.29 is 9.53 Å².